The highest BCUT2D eigenvalue weighted by atomic mass is 32.2. The maximum absolute atomic E-state index is 2.27. The molecule has 0 aliphatic carbocycles. The van der Waals surface area contributed by atoms with E-state index < -0.39 is 0 Å². The normalized spacial score (nSPS) is 17.7. The standard InChI is InChI=1S/C8H12S/c1-2-4-8-5-3-6-9-7-8/h3,5,7H,2,4,6H2,1H3. The summed E-state index contributed by atoms with van der Waals surface area (Å²) in [6.07, 6.45) is 6.97. The average Bonchev–Trinajstić information content (AvgIpc) is 1.91. The predicted molar refractivity (Wildman–Crippen MR) is 44.6 cm³/mol. The van der Waals surface area contributed by atoms with Crippen molar-refractivity contribution < 1.29 is 0 Å². The second-order valence-electron chi connectivity index (χ2n) is 2.18. The van der Waals surface area contributed by atoms with Crippen molar-refractivity contribution >= 4 is 11.8 Å². The van der Waals surface area contributed by atoms with Crippen LogP contribution in [0.5, 0.6) is 0 Å². The van der Waals surface area contributed by atoms with Gasteiger partial charge in [-0.1, -0.05) is 25.5 Å². The first-order valence-electron chi connectivity index (χ1n) is 3.40. The van der Waals surface area contributed by atoms with Crippen LogP contribution in [-0.4, -0.2) is 5.75 Å². The molecule has 0 amide bonds. The van der Waals surface area contributed by atoms with Crippen LogP contribution in [0.4, 0.5) is 0 Å². The van der Waals surface area contributed by atoms with Crippen LogP contribution in [0.3, 0.4) is 0 Å². The van der Waals surface area contributed by atoms with Crippen molar-refractivity contribution in [2.45, 2.75) is 19.8 Å². The minimum absolute atomic E-state index is 1.16. The van der Waals surface area contributed by atoms with Crippen molar-refractivity contribution in [3.05, 3.63) is 23.1 Å². The lowest BCUT2D eigenvalue weighted by Crippen LogP contribution is -1.82. The number of allylic oxidation sites excluding steroid dienone is 2. The average molecular weight is 140 g/mol. The van der Waals surface area contributed by atoms with E-state index in [0.717, 1.165) is 5.75 Å². The SMILES string of the molecule is CCCC1=CSCC=C1. The van der Waals surface area contributed by atoms with Gasteiger partial charge in [0, 0.05) is 5.75 Å². The van der Waals surface area contributed by atoms with E-state index in [1.165, 1.54) is 18.4 Å². The van der Waals surface area contributed by atoms with Gasteiger partial charge in [-0.15, -0.1) is 11.8 Å². The van der Waals surface area contributed by atoms with Crippen molar-refractivity contribution in [1.82, 2.24) is 0 Å². The molecule has 0 fully saturated rings. The van der Waals surface area contributed by atoms with Gasteiger partial charge in [0.15, 0.2) is 0 Å². The molecular weight excluding hydrogens is 128 g/mol. The molecule has 0 radical (unpaired) electrons. The zero-order chi connectivity index (χ0) is 6.53. The molecule has 0 unspecified atom stereocenters. The van der Waals surface area contributed by atoms with Crippen LogP contribution >= 0.6 is 11.8 Å². The first kappa shape index (κ1) is 6.94. The molecule has 1 heterocycles. The van der Waals surface area contributed by atoms with Crippen LogP contribution < -0.4 is 0 Å². The molecule has 0 saturated carbocycles. The smallest absolute Gasteiger partial charge is 0.0158 e. The fourth-order valence-corrected chi connectivity index (χ4v) is 1.59. The first-order valence-corrected chi connectivity index (χ1v) is 4.45. The monoisotopic (exact) mass is 140 g/mol. The van der Waals surface area contributed by atoms with Gasteiger partial charge in [-0.2, -0.15) is 0 Å². The van der Waals surface area contributed by atoms with Gasteiger partial charge in [-0.25, -0.2) is 0 Å². The van der Waals surface area contributed by atoms with Crippen LogP contribution in [0, 0.1) is 0 Å². The highest BCUT2D eigenvalue weighted by molar-refractivity contribution is 8.02. The largest absolute Gasteiger partial charge is 0.130 e. The molecule has 0 saturated heterocycles. The first-order chi connectivity index (χ1) is 4.43. The Hall–Kier alpha value is -0.170. The summed E-state index contributed by atoms with van der Waals surface area (Å²) in [7, 11) is 0. The lowest BCUT2D eigenvalue weighted by atomic mass is 10.2. The van der Waals surface area contributed by atoms with Gasteiger partial charge >= 0.3 is 0 Å². The lowest BCUT2D eigenvalue weighted by molar-refractivity contribution is 0.927. The van der Waals surface area contributed by atoms with E-state index in [4.69, 9.17) is 0 Å². The molecule has 0 spiro atoms. The van der Waals surface area contributed by atoms with Gasteiger partial charge < -0.3 is 0 Å². The van der Waals surface area contributed by atoms with Gasteiger partial charge in [0.05, 0.1) is 0 Å². The van der Waals surface area contributed by atoms with E-state index in [9.17, 15) is 0 Å². The Kier molecular flexibility index (Phi) is 2.92. The van der Waals surface area contributed by atoms with Crippen molar-refractivity contribution in [1.29, 1.82) is 0 Å². The quantitative estimate of drug-likeness (QED) is 0.568. The second kappa shape index (κ2) is 3.78. The topological polar surface area (TPSA) is 0 Å². The third-order valence-corrected chi connectivity index (χ3v) is 2.15. The number of hydrogen-bond donors (Lipinski definition) is 0. The fraction of sp³-hybridized carbons (Fsp3) is 0.500. The Morgan fingerprint density at radius 1 is 1.67 bits per heavy atom. The minimum atomic E-state index is 1.16. The summed E-state index contributed by atoms with van der Waals surface area (Å²) < 4.78 is 0. The molecule has 1 aliphatic rings. The summed E-state index contributed by atoms with van der Waals surface area (Å²) in [4.78, 5) is 0. The molecular formula is C8H12S. The molecule has 0 aromatic rings. The van der Waals surface area contributed by atoms with Gasteiger partial charge in [-0.3, -0.25) is 0 Å². The predicted octanol–water partition coefficient (Wildman–Crippen LogP) is 2.97. The van der Waals surface area contributed by atoms with Crippen LogP contribution in [0.1, 0.15) is 19.8 Å². The van der Waals surface area contributed by atoms with Crippen molar-refractivity contribution in [2.75, 3.05) is 5.75 Å². The minimum Gasteiger partial charge on any atom is -0.130 e. The van der Waals surface area contributed by atoms with Gasteiger partial charge in [-0.05, 0) is 17.4 Å². The van der Waals surface area contributed by atoms with Crippen molar-refractivity contribution in [3.8, 4) is 0 Å². The van der Waals surface area contributed by atoms with Gasteiger partial charge in [0.1, 0.15) is 0 Å². The molecule has 9 heavy (non-hydrogen) atoms. The highest BCUT2D eigenvalue weighted by Crippen LogP contribution is 2.17. The summed E-state index contributed by atoms with van der Waals surface area (Å²) in [5, 5.41) is 2.27. The van der Waals surface area contributed by atoms with Crippen LogP contribution in [0.25, 0.3) is 0 Å². The zero-order valence-electron chi connectivity index (χ0n) is 5.76. The molecule has 0 nitrogen and oxygen atoms in total. The Morgan fingerprint density at radius 2 is 2.56 bits per heavy atom. The molecule has 0 atom stereocenters. The fourth-order valence-electron chi connectivity index (χ4n) is 0.880. The van der Waals surface area contributed by atoms with E-state index in [2.05, 4.69) is 24.5 Å². The van der Waals surface area contributed by atoms with Gasteiger partial charge in [0.2, 0.25) is 0 Å². The third-order valence-electron chi connectivity index (χ3n) is 1.30. The Balaban J connectivity index is 2.38. The maximum Gasteiger partial charge on any atom is 0.0158 e. The molecule has 1 aliphatic heterocycles. The summed E-state index contributed by atoms with van der Waals surface area (Å²) in [6.45, 7) is 2.22. The second-order valence-corrected chi connectivity index (χ2v) is 3.08. The lowest BCUT2D eigenvalue weighted by Gasteiger charge is -2.02. The van der Waals surface area contributed by atoms with Crippen molar-refractivity contribution in [3.63, 3.8) is 0 Å². The van der Waals surface area contributed by atoms with E-state index in [1.807, 2.05) is 11.8 Å². The zero-order valence-corrected chi connectivity index (χ0v) is 6.58. The molecule has 50 valence electrons. The number of rotatable bonds is 2. The number of thioether (sulfide) groups is 1. The Bertz CT molecular complexity index is 134. The maximum atomic E-state index is 2.27. The van der Waals surface area contributed by atoms with E-state index in [1.54, 1.807) is 0 Å². The molecule has 0 aromatic heterocycles. The molecule has 1 rings (SSSR count). The molecule has 1 heteroatoms. The molecule has 0 bridgehead atoms. The summed E-state index contributed by atoms with van der Waals surface area (Å²) in [6, 6.07) is 0. The van der Waals surface area contributed by atoms with E-state index >= 15 is 0 Å². The Morgan fingerprint density at radius 3 is 3.11 bits per heavy atom. The highest BCUT2D eigenvalue weighted by Gasteiger charge is 1.93. The van der Waals surface area contributed by atoms with E-state index in [-0.39, 0.29) is 0 Å². The summed E-state index contributed by atoms with van der Waals surface area (Å²) in [5.41, 5.74) is 1.49. The van der Waals surface area contributed by atoms with Crippen LogP contribution in [-0.2, 0) is 0 Å². The van der Waals surface area contributed by atoms with Gasteiger partial charge in [0.25, 0.3) is 0 Å². The third kappa shape index (κ3) is 2.27. The van der Waals surface area contributed by atoms with Crippen LogP contribution in [0.2, 0.25) is 0 Å². The number of hydrogen-bond acceptors (Lipinski definition) is 1. The van der Waals surface area contributed by atoms with Crippen LogP contribution in [0.15, 0.2) is 23.1 Å². The van der Waals surface area contributed by atoms with Crippen molar-refractivity contribution in [2.24, 2.45) is 0 Å². The summed E-state index contributed by atoms with van der Waals surface area (Å²) >= 11 is 1.89. The molecule has 0 aromatic carbocycles. The Labute approximate surface area is 61.0 Å². The molecule has 0 N–H and O–H groups in total. The summed E-state index contributed by atoms with van der Waals surface area (Å²) in [5.74, 6) is 1.16. The van der Waals surface area contributed by atoms with E-state index in [0.29, 0.717) is 0 Å².